The fourth-order valence-electron chi connectivity index (χ4n) is 5.40. The van der Waals surface area contributed by atoms with Crippen molar-refractivity contribution in [1.82, 2.24) is 4.57 Å². The summed E-state index contributed by atoms with van der Waals surface area (Å²) < 4.78 is 8.12. The standard InChI is InChI=1S/C26H28N2O3/c1-16-10-17(2)13-28(12-16)15-21-23(29)9-8-20-25(30)24(31-26(20)21)11-18-14-27(3)22-7-5-4-6-19(18)22/h4-9,11,14,16-17,29H,10,12-13,15H2,1-3H3. The highest BCUT2D eigenvalue weighted by Crippen LogP contribution is 2.39. The van der Waals surface area contributed by atoms with Crippen molar-refractivity contribution in [1.29, 1.82) is 0 Å². The summed E-state index contributed by atoms with van der Waals surface area (Å²) in [4.78, 5) is 14.5. The van der Waals surface area contributed by atoms with Crippen molar-refractivity contribution in [3.8, 4) is 11.5 Å². The van der Waals surface area contributed by atoms with Crippen molar-refractivity contribution in [3.63, 3.8) is 0 Å². The number of ketones is 1. The number of carbonyl (C=O) groups is 1. The largest absolute Gasteiger partial charge is 0.872 e. The predicted octanol–water partition coefficient (Wildman–Crippen LogP) is 2.93. The number of nitrogens with zero attached hydrogens (tertiary/aromatic N) is 1. The van der Waals surface area contributed by atoms with Crippen LogP contribution < -0.4 is 14.7 Å². The highest BCUT2D eigenvalue weighted by molar-refractivity contribution is 6.15. The summed E-state index contributed by atoms with van der Waals surface area (Å²) >= 11 is 0. The SMILES string of the molecule is CC1CC(C)C[NH+](Cc2c([O-])ccc3c2OC(=Cc2cn(C)c4ccccc24)C3=O)C1. The predicted molar refractivity (Wildman–Crippen MR) is 119 cm³/mol. The monoisotopic (exact) mass is 416 g/mol. The number of para-hydroxylation sites is 1. The molecule has 5 rings (SSSR count). The number of aromatic nitrogens is 1. The van der Waals surface area contributed by atoms with Gasteiger partial charge in [-0.15, -0.1) is 0 Å². The van der Waals surface area contributed by atoms with Gasteiger partial charge in [0.25, 0.3) is 0 Å². The topological polar surface area (TPSA) is 58.7 Å². The van der Waals surface area contributed by atoms with Crippen molar-refractivity contribution < 1.29 is 19.5 Å². The fraction of sp³-hybridized carbons (Fsp3) is 0.346. The van der Waals surface area contributed by atoms with E-state index in [0.29, 0.717) is 35.3 Å². The van der Waals surface area contributed by atoms with Gasteiger partial charge in [-0.3, -0.25) is 4.79 Å². The number of carbonyl (C=O) groups excluding carboxylic acids is 1. The molecule has 1 saturated heterocycles. The number of benzene rings is 2. The second-order valence-electron chi connectivity index (χ2n) is 9.35. The number of hydrogen-bond donors (Lipinski definition) is 1. The van der Waals surface area contributed by atoms with Gasteiger partial charge in [0.1, 0.15) is 12.3 Å². The Labute approximate surface area is 182 Å². The first-order chi connectivity index (χ1) is 14.9. The number of allylic oxidation sites excluding steroid dienone is 1. The van der Waals surface area contributed by atoms with Crippen LogP contribution in [-0.4, -0.2) is 23.4 Å². The van der Waals surface area contributed by atoms with Crippen molar-refractivity contribution in [3.05, 3.63) is 65.0 Å². The molecule has 160 valence electrons. The van der Waals surface area contributed by atoms with Crippen LogP contribution >= 0.6 is 0 Å². The molecule has 31 heavy (non-hydrogen) atoms. The number of fused-ring (bicyclic) bond motifs is 2. The Kier molecular flexibility index (Phi) is 4.86. The highest BCUT2D eigenvalue weighted by Gasteiger charge is 2.33. The van der Waals surface area contributed by atoms with Gasteiger partial charge in [0.15, 0.2) is 5.76 Å². The van der Waals surface area contributed by atoms with Crippen LogP contribution in [-0.2, 0) is 13.6 Å². The van der Waals surface area contributed by atoms with Gasteiger partial charge in [-0.05, 0) is 24.6 Å². The number of ether oxygens (including phenoxy) is 1. The molecule has 2 atom stereocenters. The van der Waals surface area contributed by atoms with Crippen LogP contribution in [0.1, 0.15) is 41.8 Å². The summed E-state index contributed by atoms with van der Waals surface area (Å²) in [5, 5.41) is 13.8. The normalized spacial score (nSPS) is 24.5. The van der Waals surface area contributed by atoms with Crippen LogP contribution in [0.4, 0.5) is 0 Å². The van der Waals surface area contributed by atoms with Crippen molar-refractivity contribution in [2.75, 3.05) is 13.1 Å². The molecule has 2 aromatic carbocycles. The molecular formula is C26H28N2O3. The Hall–Kier alpha value is -3.05. The van der Waals surface area contributed by atoms with Crippen molar-refractivity contribution >= 4 is 22.8 Å². The smallest absolute Gasteiger partial charge is 0.231 e. The van der Waals surface area contributed by atoms with E-state index in [2.05, 4.69) is 19.9 Å². The lowest BCUT2D eigenvalue weighted by Crippen LogP contribution is -3.13. The Morgan fingerprint density at radius 2 is 1.90 bits per heavy atom. The van der Waals surface area contributed by atoms with Crippen LogP contribution in [0.15, 0.2) is 48.4 Å². The summed E-state index contributed by atoms with van der Waals surface area (Å²) in [5.74, 6) is 1.82. The molecule has 3 heterocycles. The molecule has 5 heteroatoms. The zero-order chi connectivity index (χ0) is 21.7. The number of likely N-dealkylation sites (tertiary alicyclic amines) is 1. The van der Waals surface area contributed by atoms with Crippen LogP contribution in [0.5, 0.6) is 11.5 Å². The van der Waals surface area contributed by atoms with Gasteiger partial charge in [0.05, 0.1) is 18.7 Å². The maximum atomic E-state index is 13.1. The molecule has 1 aromatic heterocycles. The number of rotatable bonds is 3. The molecule has 0 bridgehead atoms. The molecule has 1 fully saturated rings. The molecule has 2 aliphatic rings. The molecule has 2 aliphatic heterocycles. The van der Waals surface area contributed by atoms with Gasteiger partial charge in [-0.2, -0.15) is 0 Å². The van der Waals surface area contributed by atoms with Gasteiger partial charge in [0, 0.05) is 47.1 Å². The lowest BCUT2D eigenvalue weighted by Gasteiger charge is -2.33. The zero-order valence-electron chi connectivity index (χ0n) is 18.3. The van der Waals surface area contributed by atoms with Crippen molar-refractivity contribution in [2.24, 2.45) is 18.9 Å². The van der Waals surface area contributed by atoms with E-state index in [4.69, 9.17) is 4.74 Å². The minimum atomic E-state index is -0.153. The highest BCUT2D eigenvalue weighted by atomic mass is 16.5. The third-order valence-electron chi connectivity index (χ3n) is 6.62. The van der Waals surface area contributed by atoms with E-state index in [1.807, 2.05) is 36.0 Å². The molecule has 5 nitrogen and oxygen atoms in total. The second kappa shape index (κ2) is 7.57. The Bertz CT molecular complexity index is 1200. The fourth-order valence-corrected chi connectivity index (χ4v) is 5.40. The van der Waals surface area contributed by atoms with E-state index < -0.39 is 0 Å². The first kappa shape index (κ1) is 19.9. The van der Waals surface area contributed by atoms with Crippen LogP contribution in [0.3, 0.4) is 0 Å². The van der Waals surface area contributed by atoms with Crippen molar-refractivity contribution in [2.45, 2.75) is 26.8 Å². The first-order valence-corrected chi connectivity index (χ1v) is 11.1. The van der Waals surface area contributed by atoms with Gasteiger partial charge in [0.2, 0.25) is 5.78 Å². The summed E-state index contributed by atoms with van der Waals surface area (Å²) in [6.45, 7) is 7.23. The quantitative estimate of drug-likeness (QED) is 0.668. The van der Waals surface area contributed by atoms with Gasteiger partial charge >= 0.3 is 0 Å². The average molecular weight is 417 g/mol. The maximum Gasteiger partial charge on any atom is 0.231 e. The third kappa shape index (κ3) is 3.53. The number of Topliss-reactive ketones (excluding diaryl/α,β-unsaturated/α-hetero) is 1. The molecular weight excluding hydrogens is 388 g/mol. The molecule has 3 aromatic rings. The molecule has 0 spiro atoms. The summed E-state index contributed by atoms with van der Waals surface area (Å²) in [7, 11) is 1.99. The van der Waals surface area contributed by atoms with Gasteiger partial charge < -0.3 is 19.3 Å². The molecule has 0 saturated carbocycles. The zero-order valence-corrected chi connectivity index (χ0v) is 18.3. The van der Waals surface area contributed by atoms with E-state index in [1.54, 1.807) is 12.1 Å². The minimum Gasteiger partial charge on any atom is -0.872 e. The number of nitrogens with one attached hydrogen (secondary N) is 1. The Morgan fingerprint density at radius 3 is 2.68 bits per heavy atom. The Morgan fingerprint density at radius 1 is 1.16 bits per heavy atom. The number of hydrogen-bond acceptors (Lipinski definition) is 3. The molecule has 1 N–H and O–H groups in total. The molecule has 0 radical (unpaired) electrons. The number of aryl methyl sites for hydroxylation is 1. The number of piperidine rings is 1. The van der Waals surface area contributed by atoms with E-state index in [1.165, 1.54) is 17.4 Å². The van der Waals surface area contributed by atoms with Crippen LogP contribution in [0, 0.1) is 11.8 Å². The minimum absolute atomic E-state index is 0.0451. The van der Waals surface area contributed by atoms with E-state index in [9.17, 15) is 9.90 Å². The lowest BCUT2D eigenvalue weighted by atomic mass is 9.91. The Balaban J connectivity index is 1.49. The van der Waals surface area contributed by atoms with Gasteiger partial charge in [-0.25, -0.2) is 0 Å². The molecule has 0 aliphatic carbocycles. The summed E-state index contributed by atoms with van der Waals surface area (Å²) in [6.07, 6.45) is 5.03. The summed E-state index contributed by atoms with van der Waals surface area (Å²) in [6, 6.07) is 11.2. The first-order valence-electron chi connectivity index (χ1n) is 11.1. The van der Waals surface area contributed by atoms with Crippen LogP contribution in [0.25, 0.3) is 17.0 Å². The summed E-state index contributed by atoms with van der Waals surface area (Å²) in [5.41, 5.74) is 3.15. The lowest BCUT2D eigenvalue weighted by molar-refractivity contribution is -0.925. The van der Waals surface area contributed by atoms with E-state index >= 15 is 0 Å². The molecule has 2 unspecified atom stereocenters. The average Bonchev–Trinajstić information content (AvgIpc) is 3.21. The van der Waals surface area contributed by atoms with Gasteiger partial charge in [-0.1, -0.05) is 43.9 Å². The van der Waals surface area contributed by atoms with E-state index in [0.717, 1.165) is 29.6 Å². The third-order valence-corrected chi connectivity index (χ3v) is 6.62. The molecule has 0 amide bonds. The maximum absolute atomic E-state index is 13.1. The second-order valence-corrected chi connectivity index (χ2v) is 9.35. The number of quaternary nitrogens is 1. The van der Waals surface area contributed by atoms with Crippen LogP contribution in [0.2, 0.25) is 0 Å². The van der Waals surface area contributed by atoms with E-state index in [-0.39, 0.29) is 17.3 Å².